The third-order valence-electron chi connectivity index (χ3n) is 2.93. The second-order valence-electron chi connectivity index (χ2n) is 4.60. The minimum absolute atomic E-state index is 0.133. The number of nitrogens with one attached hydrogen (secondary N) is 1. The molecule has 8 heteroatoms. The highest BCUT2D eigenvalue weighted by atomic mass is 35.5. The van der Waals surface area contributed by atoms with E-state index in [0.717, 1.165) is 0 Å². The summed E-state index contributed by atoms with van der Waals surface area (Å²) in [6, 6.07) is 11.9. The zero-order valence-corrected chi connectivity index (χ0v) is 13.5. The number of rotatable bonds is 4. The molecule has 2 rings (SSSR count). The molecule has 120 valence electrons. The van der Waals surface area contributed by atoms with E-state index in [1.807, 2.05) is 0 Å². The molecular formula is C16H9Cl2N3O3. The van der Waals surface area contributed by atoms with Crippen LogP contribution in [0.5, 0.6) is 0 Å². The van der Waals surface area contributed by atoms with Crippen LogP contribution >= 0.6 is 23.2 Å². The Labute approximate surface area is 147 Å². The predicted molar refractivity (Wildman–Crippen MR) is 91.8 cm³/mol. The number of amides is 1. The van der Waals surface area contributed by atoms with E-state index in [-0.39, 0.29) is 16.3 Å². The summed E-state index contributed by atoms with van der Waals surface area (Å²) < 4.78 is 0. The van der Waals surface area contributed by atoms with Gasteiger partial charge in [-0.05, 0) is 29.8 Å². The topological polar surface area (TPSA) is 96.0 Å². The fourth-order valence-electron chi connectivity index (χ4n) is 1.82. The van der Waals surface area contributed by atoms with Crippen molar-refractivity contribution in [3.8, 4) is 6.07 Å². The molecule has 0 bridgehead atoms. The van der Waals surface area contributed by atoms with Crippen LogP contribution in [-0.4, -0.2) is 10.8 Å². The van der Waals surface area contributed by atoms with Crippen molar-refractivity contribution in [1.29, 1.82) is 5.26 Å². The number of halogens is 2. The average Bonchev–Trinajstić information content (AvgIpc) is 2.56. The zero-order valence-electron chi connectivity index (χ0n) is 12.0. The lowest BCUT2D eigenvalue weighted by molar-refractivity contribution is -0.384. The first-order valence-electron chi connectivity index (χ1n) is 6.53. The maximum absolute atomic E-state index is 12.2. The van der Waals surface area contributed by atoms with Gasteiger partial charge < -0.3 is 5.32 Å². The van der Waals surface area contributed by atoms with Crippen molar-refractivity contribution >= 4 is 46.6 Å². The second-order valence-corrected chi connectivity index (χ2v) is 5.42. The number of nitrogens with zero attached hydrogens (tertiary/aromatic N) is 2. The molecule has 0 spiro atoms. The molecule has 0 aliphatic rings. The van der Waals surface area contributed by atoms with Crippen molar-refractivity contribution in [1.82, 2.24) is 0 Å². The van der Waals surface area contributed by atoms with Crippen molar-refractivity contribution in [3.63, 3.8) is 0 Å². The summed E-state index contributed by atoms with van der Waals surface area (Å²) in [4.78, 5) is 22.4. The summed E-state index contributed by atoms with van der Waals surface area (Å²) in [5, 5.41) is 23.0. The van der Waals surface area contributed by atoms with E-state index in [1.165, 1.54) is 42.5 Å². The van der Waals surface area contributed by atoms with E-state index in [0.29, 0.717) is 16.3 Å². The molecule has 0 aliphatic heterocycles. The summed E-state index contributed by atoms with van der Waals surface area (Å²) in [5.41, 5.74) is 0.395. The van der Waals surface area contributed by atoms with E-state index >= 15 is 0 Å². The lowest BCUT2D eigenvalue weighted by atomic mass is 10.1. The van der Waals surface area contributed by atoms with Crippen LogP contribution in [0.1, 0.15) is 5.56 Å². The molecule has 2 aromatic carbocycles. The van der Waals surface area contributed by atoms with Gasteiger partial charge in [-0.2, -0.15) is 5.26 Å². The van der Waals surface area contributed by atoms with E-state index < -0.39 is 10.8 Å². The third kappa shape index (κ3) is 4.32. The third-order valence-corrected chi connectivity index (χ3v) is 3.67. The Bertz CT molecular complexity index is 888. The molecule has 1 amide bonds. The largest absolute Gasteiger partial charge is 0.321 e. The van der Waals surface area contributed by atoms with Crippen LogP contribution in [0.2, 0.25) is 10.0 Å². The van der Waals surface area contributed by atoms with Gasteiger partial charge in [-0.3, -0.25) is 14.9 Å². The summed E-state index contributed by atoms with van der Waals surface area (Å²) in [6.45, 7) is 0. The van der Waals surface area contributed by atoms with Gasteiger partial charge >= 0.3 is 0 Å². The molecule has 1 N–H and O–H groups in total. The van der Waals surface area contributed by atoms with E-state index in [9.17, 15) is 14.9 Å². The van der Waals surface area contributed by atoms with Crippen LogP contribution in [0.4, 0.5) is 11.4 Å². The predicted octanol–water partition coefficient (Wildman–Crippen LogP) is 4.45. The summed E-state index contributed by atoms with van der Waals surface area (Å²) in [5.74, 6) is -0.664. The van der Waals surface area contributed by atoms with Crippen LogP contribution in [0.3, 0.4) is 0 Å². The van der Waals surface area contributed by atoms with Gasteiger partial charge in [0.05, 0.1) is 15.0 Å². The highest BCUT2D eigenvalue weighted by Crippen LogP contribution is 2.25. The smallest absolute Gasteiger partial charge is 0.270 e. The minimum Gasteiger partial charge on any atom is -0.321 e. The lowest BCUT2D eigenvalue weighted by Crippen LogP contribution is -2.13. The van der Waals surface area contributed by atoms with Gasteiger partial charge in [0.2, 0.25) is 0 Å². The Kier molecular flexibility index (Phi) is 5.53. The highest BCUT2D eigenvalue weighted by Gasteiger charge is 2.12. The number of nitro groups is 1. The normalized spacial score (nSPS) is 10.8. The molecular weight excluding hydrogens is 353 g/mol. The first-order chi connectivity index (χ1) is 11.4. The molecule has 0 unspecified atom stereocenters. The van der Waals surface area contributed by atoms with Crippen molar-refractivity contribution in [2.45, 2.75) is 0 Å². The quantitative estimate of drug-likeness (QED) is 0.376. The van der Waals surface area contributed by atoms with Crippen molar-refractivity contribution < 1.29 is 9.72 Å². The van der Waals surface area contributed by atoms with Gasteiger partial charge in [0.15, 0.2) is 0 Å². The standard InChI is InChI=1S/C16H9Cl2N3O3/c17-14-5-4-12(8-15(14)18)20-16(22)11(9-19)6-10-2-1-3-13(7-10)21(23)24/h1-8H,(H,20,22)/b11-6-. The van der Waals surface area contributed by atoms with Gasteiger partial charge in [0.25, 0.3) is 11.6 Å². The van der Waals surface area contributed by atoms with Crippen LogP contribution in [0.15, 0.2) is 48.0 Å². The Morgan fingerprint density at radius 3 is 2.58 bits per heavy atom. The SMILES string of the molecule is N#C/C(=C/c1cccc([N+](=O)[O-])c1)C(=O)Nc1ccc(Cl)c(Cl)c1. The number of benzene rings is 2. The molecule has 0 saturated heterocycles. The molecule has 0 heterocycles. The number of anilines is 1. The molecule has 0 aliphatic carbocycles. The van der Waals surface area contributed by atoms with Gasteiger partial charge in [0, 0.05) is 17.8 Å². The summed E-state index contributed by atoms with van der Waals surface area (Å²) in [6.07, 6.45) is 1.26. The van der Waals surface area contributed by atoms with Crippen molar-refractivity contribution in [3.05, 3.63) is 73.8 Å². The van der Waals surface area contributed by atoms with Crippen LogP contribution < -0.4 is 5.32 Å². The fraction of sp³-hybridized carbons (Fsp3) is 0. The van der Waals surface area contributed by atoms with Gasteiger partial charge in [-0.25, -0.2) is 0 Å². The Balaban J connectivity index is 2.25. The van der Waals surface area contributed by atoms with E-state index in [1.54, 1.807) is 12.1 Å². The fourth-order valence-corrected chi connectivity index (χ4v) is 2.11. The molecule has 0 fully saturated rings. The summed E-state index contributed by atoms with van der Waals surface area (Å²) >= 11 is 11.7. The first kappa shape index (κ1) is 17.5. The summed E-state index contributed by atoms with van der Waals surface area (Å²) in [7, 11) is 0. The molecule has 0 aromatic heterocycles. The van der Waals surface area contributed by atoms with Crippen molar-refractivity contribution in [2.24, 2.45) is 0 Å². The zero-order chi connectivity index (χ0) is 17.7. The number of hydrogen-bond donors (Lipinski definition) is 1. The second kappa shape index (κ2) is 7.59. The molecule has 6 nitrogen and oxygen atoms in total. The molecule has 24 heavy (non-hydrogen) atoms. The van der Waals surface area contributed by atoms with Crippen LogP contribution in [-0.2, 0) is 4.79 Å². The lowest BCUT2D eigenvalue weighted by Gasteiger charge is -2.05. The highest BCUT2D eigenvalue weighted by molar-refractivity contribution is 6.42. The maximum Gasteiger partial charge on any atom is 0.270 e. The van der Waals surface area contributed by atoms with Crippen LogP contribution in [0.25, 0.3) is 6.08 Å². The number of nitro benzene ring substituents is 1. The minimum atomic E-state index is -0.664. The van der Waals surface area contributed by atoms with E-state index in [2.05, 4.69) is 5.32 Å². The number of carbonyl (C=O) groups excluding carboxylic acids is 1. The van der Waals surface area contributed by atoms with Gasteiger partial charge in [-0.15, -0.1) is 0 Å². The van der Waals surface area contributed by atoms with Crippen LogP contribution in [0, 0.1) is 21.4 Å². The first-order valence-corrected chi connectivity index (χ1v) is 7.29. The molecule has 0 radical (unpaired) electrons. The average molecular weight is 362 g/mol. The molecule has 0 saturated carbocycles. The van der Waals surface area contributed by atoms with Gasteiger partial charge in [-0.1, -0.05) is 35.3 Å². The Morgan fingerprint density at radius 1 is 1.21 bits per heavy atom. The van der Waals surface area contributed by atoms with Gasteiger partial charge in [0.1, 0.15) is 11.6 Å². The Hall–Kier alpha value is -2.88. The number of carbonyl (C=O) groups is 1. The number of hydrogen-bond acceptors (Lipinski definition) is 4. The van der Waals surface area contributed by atoms with E-state index in [4.69, 9.17) is 28.5 Å². The van der Waals surface area contributed by atoms with Crippen molar-refractivity contribution in [2.75, 3.05) is 5.32 Å². The molecule has 2 aromatic rings. The number of non-ortho nitro benzene ring substituents is 1. The molecule has 0 atom stereocenters. The monoisotopic (exact) mass is 361 g/mol. The maximum atomic E-state index is 12.2. The Morgan fingerprint density at radius 2 is 1.96 bits per heavy atom. The number of nitriles is 1.